The summed E-state index contributed by atoms with van der Waals surface area (Å²) in [6, 6.07) is 4.99. The van der Waals surface area contributed by atoms with Crippen LogP contribution in [0.5, 0.6) is 0 Å². The third kappa shape index (κ3) is 7.64. The number of benzene rings is 1. The van der Waals surface area contributed by atoms with E-state index in [1.165, 1.54) is 6.07 Å². The molecule has 1 aliphatic carbocycles. The van der Waals surface area contributed by atoms with E-state index in [1.807, 2.05) is 12.2 Å². The van der Waals surface area contributed by atoms with E-state index in [1.54, 1.807) is 6.07 Å². The zero-order chi connectivity index (χ0) is 21.4. The molecule has 162 valence electrons. The van der Waals surface area contributed by atoms with Crippen molar-refractivity contribution < 1.29 is 32.9 Å². The molecule has 0 heterocycles. The minimum atomic E-state index is -4.40. The number of rotatable bonds is 10. The van der Waals surface area contributed by atoms with Crippen LogP contribution in [0.2, 0.25) is 0 Å². The molecule has 1 fully saturated rings. The van der Waals surface area contributed by atoms with Crippen molar-refractivity contribution in [2.45, 2.75) is 56.4 Å². The molecule has 0 saturated heterocycles. The summed E-state index contributed by atoms with van der Waals surface area (Å²) < 4.78 is 44.0. The summed E-state index contributed by atoms with van der Waals surface area (Å²) in [7, 11) is 0. The lowest BCUT2D eigenvalue weighted by molar-refractivity contribution is -0.138. The molecule has 4 nitrogen and oxygen atoms in total. The number of carboxylic acids is 1. The van der Waals surface area contributed by atoms with E-state index < -0.39 is 23.8 Å². The predicted molar refractivity (Wildman–Crippen MR) is 104 cm³/mol. The van der Waals surface area contributed by atoms with E-state index in [-0.39, 0.29) is 36.8 Å². The lowest BCUT2D eigenvalue weighted by Crippen LogP contribution is -2.25. The zero-order valence-corrected chi connectivity index (χ0v) is 16.7. The molecule has 1 aliphatic rings. The van der Waals surface area contributed by atoms with Gasteiger partial charge in [-0.15, -0.1) is 11.6 Å². The minimum absolute atomic E-state index is 0.0103. The van der Waals surface area contributed by atoms with Crippen molar-refractivity contribution in [3.8, 4) is 0 Å². The lowest BCUT2D eigenvalue weighted by atomic mass is 9.92. The van der Waals surface area contributed by atoms with Gasteiger partial charge in [0.05, 0.1) is 24.9 Å². The van der Waals surface area contributed by atoms with Gasteiger partial charge in [0.1, 0.15) is 0 Å². The second kappa shape index (κ2) is 11.0. The zero-order valence-electron chi connectivity index (χ0n) is 15.9. The van der Waals surface area contributed by atoms with E-state index in [0.717, 1.165) is 12.1 Å². The summed E-state index contributed by atoms with van der Waals surface area (Å²) in [6.45, 7) is 0.232. The molecular weight excluding hydrogens is 409 g/mol. The van der Waals surface area contributed by atoms with Crippen LogP contribution in [0.4, 0.5) is 13.2 Å². The standard InChI is InChI=1S/C21H26ClF3O4/c22-18-11-19(26)17(16(18)8-3-1-2-4-9-20(27)28)13-29-12-14-6-5-7-15(10-14)21(23,24)25/h1,3,5-7,10,16-19,26H,2,4,8-9,11-13H2,(H,27,28)/b3-1-/t16-,17?,18?,19-/m1/s1. The van der Waals surface area contributed by atoms with E-state index >= 15 is 0 Å². The van der Waals surface area contributed by atoms with Crippen LogP contribution in [-0.4, -0.2) is 34.3 Å². The molecule has 0 amide bonds. The number of carboxylic acid groups (broad SMARTS) is 1. The van der Waals surface area contributed by atoms with Gasteiger partial charge >= 0.3 is 12.1 Å². The maximum absolute atomic E-state index is 12.8. The first-order valence-corrected chi connectivity index (χ1v) is 10.0. The van der Waals surface area contributed by atoms with Crippen LogP contribution in [0.15, 0.2) is 36.4 Å². The first-order chi connectivity index (χ1) is 13.7. The van der Waals surface area contributed by atoms with Crippen LogP contribution in [0, 0.1) is 11.8 Å². The summed E-state index contributed by atoms with van der Waals surface area (Å²) >= 11 is 6.36. The largest absolute Gasteiger partial charge is 0.481 e. The minimum Gasteiger partial charge on any atom is -0.481 e. The Bertz CT molecular complexity index is 693. The molecule has 1 saturated carbocycles. The Kier molecular flexibility index (Phi) is 8.99. The van der Waals surface area contributed by atoms with Crippen molar-refractivity contribution in [1.29, 1.82) is 0 Å². The molecule has 1 aromatic rings. The summed E-state index contributed by atoms with van der Waals surface area (Å²) in [5.41, 5.74) is -0.296. The van der Waals surface area contributed by atoms with Gasteiger partial charge in [-0.05, 0) is 49.3 Å². The quantitative estimate of drug-likeness (QED) is 0.308. The van der Waals surface area contributed by atoms with Gasteiger partial charge in [-0.2, -0.15) is 13.2 Å². The second-order valence-electron chi connectivity index (χ2n) is 7.35. The first-order valence-electron chi connectivity index (χ1n) is 9.61. The SMILES string of the molecule is O=C(O)CCC/C=C\C[C@H]1C(Cl)C[C@@H](O)C1COCc1cccc(C(F)(F)F)c1. The number of unbranched alkanes of at least 4 members (excludes halogenated alkanes) is 1. The van der Waals surface area contributed by atoms with Gasteiger partial charge < -0.3 is 14.9 Å². The average Bonchev–Trinajstić information content (AvgIpc) is 2.90. The van der Waals surface area contributed by atoms with Crippen molar-refractivity contribution in [3.05, 3.63) is 47.5 Å². The van der Waals surface area contributed by atoms with Crippen molar-refractivity contribution in [3.63, 3.8) is 0 Å². The van der Waals surface area contributed by atoms with Gasteiger partial charge in [0.25, 0.3) is 0 Å². The summed E-state index contributed by atoms with van der Waals surface area (Å²) in [5, 5.41) is 18.7. The maximum Gasteiger partial charge on any atom is 0.416 e. The highest BCUT2D eigenvalue weighted by molar-refractivity contribution is 6.21. The fraction of sp³-hybridized carbons (Fsp3) is 0.571. The van der Waals surface area contributed by atoms with Crippen LogP contribution in [0.25, 0.3) is 0 Å². The molecular formula is C21H26ClF3O4. The van der Waals surface area contributed by atoms with E-state index in [0.29, 0.717) is 31.2 Å². The number of aliphatic carboxylic acids is 1. The van der Waals surface area contributed by atoms with Gasteiger partial charge in [-0.25, -0.2) is 0 Å². The van der Waals surface area contributed by atoms with E-state index in [9.17, 15) is 23.1 Å². The van der Waals surface area contributed by atoms with Crippen LogP contribution >= 0.6 is 11.6 Å². The fourth-order valence-electron chi connectivity index (χ4n) is 3.58. The summed E-state index contributed by atoms with van der Waals surface area (Å²) in [5.74, 6) is -1.04. The Balaban J connectivity index is 1.84. The summed E-state index contributed by atoms with van der Waals surface area (Å²) in [6.07, 6.45) is 1.26. The van der Waals surface area contributed by atoms with Crippen LogP contribution in [-0.2, 0) is 22.3 Å². The second-order valence-corrected chi connectivity index (χ2v) is 7.91. The van der Waals surface area contributed by atoms with E-state index in [2.05, 4.69) is 0 Å². The highest BCUT2D eigenvalue weighted by Gasteiger charge is 2.40. The van der Waals surface area contributed by atoms with Gasteiger partial charge in [0, 0.05) is 17.7 Å². The highest BCUT2D eigenvalue weighted by Crippen LogP contribution is 2.39. The molecule has 0 aliphatic heterocycles. The highest BCUT2D eigenvalue weighted by atomic mass is 35.5. The van der Waals surface area contributed by atoms with Crippen molar-refractivity contribution in [1.82, 2.24) is 0 Å². The predicted octanol–water partition coefficient (Wildman–Crippen LogP) is 5.03. The Morgan fingerprint density at radius 3 is 2.72 bits per heavy atom. The van der Waals surface area contributed by atoms with Crippen LogP contribution in [0.1, 0.15) is 43.2 Å². The van der Waals surface area contributed by atoms with Crippen LogP contribution in [0.3, 0.4) is 0 Å². The molecule has 0 spiro atoms. The van der Waals surface area contributed by atoms with Gasteiger partial charge in [-0.1, -0.05) is 24.3 Å². The van der Waals surface area contributed by atoms with Gasteiger partial charge in [-0.3, -0.25) is 4.79 Å². The van der Waals surface area contributed by atoms with Crippen molar-refractivity contribution in [2.75, 3.05) is 6.61 Å². The fourth-order valence-corrected chi connectivity index (χ4v) is 4.06. The number of halogens is 4. The van der Waals surface area contributed by atoms with Crippen molar-refractivity contribution >= 4 is 17.6 Å². The third-order valence-corrected chi connectivity index (χ3v) is 5.65. The smallest absolute Gasteiger partial charge is 0.416 e. The van der Waals surface area contributed by atoms with Gasteiger partial charge in [0.15, 0.2) is 0 Å². The Morgan fingerprint density at radius 1 is 1.28 bits per heavy atom. The molecule has 29 heavy (non-hydrogen) atoms. The van der Waals surface area contributed by atoms with Gasteiger partial charge in [0.2, 0.25) is 0 Å². The number of hydrogen-bond acceptors (Lipinski definition) is 3. The Labute approximate surface area is 173 Å². The number of aliphatic hydroxyl groups excluding tert-OH is 1. The molecule has 0 bridgehead atoms. The molecule has 2 N–H and O–H groups in total. The molecule has 2 unspecified atom stereocenters. The molecule has 4 atom stereocenters. The monoisotopic (exact) mass is 434 g/mol. The molecule has 0 aromatic heterocycles. The Hall–Kier alpha value is -1.57. The third-order valence-electron chi connectivity index (χ3n) is 5.15. The maximum atomic E-state index is 12.8. The molecule has 2 rings (SSSR count). The molecule has 1 aromatic carbocycles. The number of aliphatic hydroxyl groups is 1. The topological polar surface area (TPSA) is 66.8 Å². The number of hydrogen-bond donors (Lipinski definition) is 2. The van der Waals surface area contributed by atoms with E-state index in [4.69, 9.17) is 21.4 Å². The molecule has 8 heteroatoms. The number of carbonyl (C=O) groups is 1. The first kappa shape index (κ1) is 23.7. The number of alkyl halides is 4. The molecule has 0 radical (unpaired) electrons. The number of allylic oxidation sites excluding steroid dienone is 2. The normalized spacial score (nSPS) is 25.0. The summed E-state index contributed by atoms with van der Waals surface area (Å²) in [4.78, 5) is 10.5. The van der Waals surface area contributed by atoms with Crippen LogP contribution < -0.4 is 0 Å². The Morgan fingerprint density at radius 2 is 2.03 bits per heavy atom. The number of ether oxygens (including phenoxy) is 1. The lowest BCUT2D eigenvalue weighted by Gasteiger charge is -2.22. The average molecular weight is 435 g/mol. The van der Waals surface area contributed by atoms with Crippen molar-refractivity contribution in [2.24, 2.45) is 11.8 Å².